The highest BCUT2D eigenvalue weighted by Gasteiger charge is 2.29. The fourth-order valence-electron chi connectivity index (χ4n) is 7.73. The van der Waals surface area contributed by atoms with Gasteiger partial charge in [-0.05, 0) is 110 Å². The zero-order chi connectivity index (χ0) is 33.0. The zero-order valence-corrected chi connectivity index (χ0v) is 28.4. The maximum absolute atomic E-state index is 15.4. The lowest BCUT2D eigenvalue weighted by Crippen LogP contribution is -2.23. The highest BCUT2D eigenvalue weighted by molar-refractivity contribution is 5.74. The molecule has 1 atom stereocenters. The van der Waals surface area contributed by atoms with Gasteiger partial charge in [0, 0.05) is 11.1 Å². The molecule has 252 valence electrons. The van der Waals surface area contributed by atoms with Crippen LogP contribution in [0.2, 0.25) is 0 Å². The van der Waals surface area contributed by atoms with E-state index < -0.39 is 11.6 Å². The number of halogens is 3. The van der Waals surface area contributed by atoms with Crippen molar-refractivity contribution in [1.29, 1.82) is 0 Å². The second-order valence-corrected chi connectivity index (χ2v) is 13.9. The molecular formula is C43H53F3O. The first-order valence-electron chi connectivity index (χ1n) is 18.3. The zero-order valence-electron chi connectivity index (χ0n) is 28.4. The molecule has 1 unspecified atom stereocenters. The van der Waals surface area contributed by atoms with E-state index in [0.717, 1.165) is 79.4 Å². The Morgan fingerprint density at radius 2 is 1.40 bits per heavy atom. The third-order valence-electron chi connectivity index (χ3n) is 10.7. The van der Waals surface area contributed by atoms with E-state index in [0.29, 0.717) is 17.7 Å². The number of hydrogen-bond acceptors (Lipinski definition) is 1. The summed E-state index contributed by atoms with van der Waals surface area (Å²) in [5.74, 6) is 0.263. The minimum absolute atomic E-state index is 0.0462. The lowest BCUT2D eigenvalue weighted by molar-refractivity contribution is 0.190. The van der Waals surface area contributed by atoms with Gasteiger partial charge in [0.15, 0.2) is 11.6 Å². The maximum Gasteiger partial charge on any atom is 0.201 e. The van der Waals surface area contributed by atoms with Gasteiger partial charge >= 0.3 is 0 Å². The molecule has 0 N–H and O–H groups in total. The fourth-order valence-corrected chi connectivity index (χ4v) is 7.73. The summed E-state index contributed by atoms with van der Waals surface area (Å²) in [6, 6.07) is 15.7. The lowest BCUT2D eigenvalue weighted by Gasteiger charge is -2.35. The molecule has 1 nitrogen and oxygen atoms in total. The van der Waals surface area contributed by atoms with Crippen LogP contribution in [-0.4, -0.2) is 6.61 Å². The van der Waals surface area contributed by atoms with E-state index in [4.69, 9.17) is 4.74 Å². The number of allylic oxidation sites excluding steroid dienone is 3. The average molecular weight is 643 g/mol. The fraction of sp³-hybridized carbons (Fsp3) is 0.488. The van der Waals surface area contributed by atoms with E-state index in [2.05, 4.69) is 19.6 Å². The first-order valence-corrected chi connectivity index (χ1v) is 18.3. The van der Waals surface area contributed by atoms with Crippen LogP contribution in [0.25, 0.3) is 27.8 Å². The molecule has 0 bridgehead atoms. The van der Waals surface area contributed by atoms with Crippen molar-refractivity contribution in [2.24, 2.45) is 17.8 Å². The quantitative estimate of drug-likeness (QED) is 0.112. The lowest BCUT2D eigenvalue weighted by atomic mass is 9.70. The third kappa shape index (κ3) is 9.42. The molecule has 0 aliphatic heterocycles. The number of benzene rings is 3. The normalized spacial score (nSPS) is 19.7. The van der Waals surface area contributed by atoms with Crippen molar-refractivity contribution in [3.05, 3.63) is 96.3 Å². The molecule has 5 rings (SSSR count). The Morgan fingerprint density at radius 3 is 2.09 bits per heavy atom. The summed E-state index contributed by atoms with van der Waals surface area (Å²) in [4.78, 5) is 0. The van der Waals surface area contributed by atoms with Gasteiger partial charge in [-0.2, -0.15) is 4.39 Å². The van der Waals surface area contributed by atoms with E-state index in [1.165, 1.54) is 63.9 Å². The van der Waals surface area contributed by atoms with Crippen LogP contribution < -0.4 is 4.74 Å². The van der Waals surface area contributed by atoms with E-state index in [9.17, 15) is 4.39 Å². The summed E-state index contributed by atoms with van der Waals surface area (Å²) in [7, 11) is 0. The Bertz CT molecular complexity index is 1470. The van der Waals surface area contributed by atoms with Gasteiger partial charge in [0.25, 0.3) is 0 Å². The Hall–Kier alpha value is -3.27. The van der Waals surface area contributed by atoms with Gasteiger partial charge in [-0.25, -0.2) is 8.78 Å². The van der Waals surface area contributed by atoms with E-state index in [1.807, 2.05) is 30.3 Å². The summed E-state index contributed by atoms with van der Waals surface area (Å²) < 4.78 is 50.9. The van der Waals surface area contributed by atoms with Crippen LogP contribution in [0.1, 0.15) is 115 Å². The first kappa shape index (κ1) is 35.0. The SMILES string of the molecule is C=CCCC1CCC(C2CC=C(c3ccc(-c4ccc(-c5ccc(OCCCCCCCCC)c(F)c5F)cc4)cc3F)CC2)CC1. The molecule has 3 aromatic rings. The first-order chi connectivity index (χ1) is 23.0. The van der Waals surface area contributed by atoms with Crippen LogP contribution in [-0.2, 0) is 0 Å². The van der Waals surface area contributed by atoms with Crippen LogP contribution in [0, 0.1) is 35.2 Å². The van der Waals surface area contributed by atoms with Gasteiger partial charge in [0.1, 0.15) is 5.82 Å². The predicted octanol–water partition coefficient (Wildman–Crippen LogP) is 13.5. The van der Waals surface area contributed by atoms with Gasteiger partial charge in [-0.3, -0.25) is 0 Å². The van der Waals surface area contributed by atoms with Gasteiger partial charge in [-0.1, -0.05) is 107 Å². The number of rotatable bonds is 16. The van der Waals surface area contributed by atoms with Crippen LogP contribution in [0.15, 0.2) is 73.3 Å². The maximum atomic E-state index is 15.4. The molecule has 0 heterocycles. The number of hydrogen-bond donors (Lipinski definition) is 0. The second kappa shape index (κ2) is 17.8. The topological polar surface area (TPSA) is 9.23 Å². The van der Waals surface area contributed by atoms with Crippen molar-refractivity contribution in [3.8, 4) is 28.0 Å². The molecule has 0 aromatic heterocycles. The summed E-state index contributed by atoms with van der Waals surface area (Å²) in [5.41, 5.74) is 4.16. The van der Waals surface area contributed by atoms with Crippen LogP contribution in [0.4, 0.5) is 13.2 Å². The highest BCUT2D eigenvalue weighted by Crippen LogP contribution is 2.43. The second-order valence-electron chi connectivity index (χ2n) is 13.9. The predicted molar refractivity (Wildman–Crippen MR) is 191 cm³/mol. The molecule has 1 saturated carbocycles. The van der Waals surface area contributed by atoms with Gasteiger partial charge in [0.2, 0.25) is 5.82 Å². The molecule has 0 amide bonds. The smallest absolute Gasteiger partial charge is 0.201 e. The van der Waals surface area contributed by atoms with Crippen LogP contribution >= 0.6 is 0 Å². The van der Waals surface area contributed by atoms with E-state index in [-0.39, 0.29) is 17.1 Å². The molecule has 4 heteroatoms. The Morgan fingerprint density at radius 1 is 0.723 bits per heavy atom. The van der Waals surface area contributed by atoms with Crippen molar-refractivity contribution in [2.75, 3.05) is 6.61 Å². The van der Waals surface area contributed by atoms with Crippen molar-refractivity contribution in [1.82, 2.24) is 0 Å². The molecule has 0 spiro atoms. The molecule has 3 aromatic carbocycles. The Kier molecular flexibility index (Phi) is 13.2. The molecule has 1 fully saturated rings. The Labute approximate surface area is 281 Å². The minimum Gasteiger partial charge on any atom is -0.490 e. The summed E-state index contributed by atoms with van der Waals surface area (Å²) in [6.07, 6.45) is 23.1. The summed E-state index contributed by atoms with van der Waals surface area (Å²) in [6.45, 7) is 6.45. The highest BCUT2D eigenvalue weighted by atomic mass is 19.2. The molecular weight excluding hydrogens is 589 g/mol. The summed E-state index contributed by atoms with van der Waals surface area (Å²) in [5, 5.41) is 0. The molecule has 0 radical (unpaired) electrons. The van der Waals surface area contributed by atoms with Crippen molar-refractivity contribution < 1.29 is 17.9 Å². The van der Waals surface area contributed by atoms with Crippen molar-refractivity contribution in [3.63, 3.8) is 0 Å². The number of unbranched alkanes of at least 4 members (excludes halogenated alkanes) is 6. The van der Waals surface area contributed by atoms with Crippen LogP contribution in [0.5, 0.6) is 5.75 Å². The largest absolute Gasteiger partial charge is 0.490 e. The average Bonchev–Trinajstić information content (AvgIpc) is 3.11. The molecule has 47 heavy (non-hydrogen) atoms. The number of ether oxygens (including phenoxy) is 1. The van der Waals surface area contributed by atoms with Crippen LogP contribution in [0.3, 0.4) is 0 Å². The molecule has 2 aliphatic rings. The molecule has 0 saturated heterocycles. The minimum atomic E-state index is -0.956. The summed E-state index contributed by atoms with van der Waals surface area (Å²) >= 11 is 0. The molecule has 2 aliphatic carbocycles. The van der Waals surface area contributed by atoms with Gasteiger partial charge in [0.05, 0.1) is 6.61 Å². The standard InChI is InChI=1S/C43H53F3O/c1-3-5-7-8-9-10-11-29-47-41-28-27-39(42(45)43(41)46)36-23-19-34(20-24-36)37-25-26-38(40(44)30-37)35-21-17-33(18-22-35)32-15-13-31(14-16-32)12-6-4-2/h4,19-21,23-28,30-33H,2-3,5-18,22,29H2,1H3. The third-order valence-corrected chi connectivity index (χ3v) is 10.7. The Balaban J connectivity index is 1.15. The van der Waals surface area contributed by atoms with Gasteiger partial charge in [-0.15, -0.1) is 6.58 Å². The van der Waals surface area contributed by atoms with E-state index >= 15 is 8.78 Å². The van der Waals surface area contributed by atoms with E-state index in [1.54, 1.807) is 24.3 Å². The monoisotopic (exact) mass is 642 g/mol. The van der Waals surface area contributed by atoms with Crippen molar-refractivity contribution in [2.45, 2.75) is 110 Å². The van der Waals surface area contributed by atoms with Gasteiger partial charge < -0.3 is 4.74 Å². The van der Waals surface area contributed by atoms with Crippen molar-refractivity contribution >= 4 is 5.57 Å².